The molecule has 0 unspecified atom stereocenters. The van der Waals surface area contributed by atoms with Crippen molar-refractivity contribution >= 4 is 17.2 Å². The average Bonchev–Trinajstić information content (AvgIpc) is 3.05. The average molecular weight is 361 g/mol. The SMILES string of the molecule is COc1ccccc1OCC(=O)N1CCN(Cc2nc(C)cs2)CC1. The molecule has 1 aliphatic heterocycles. The highest BCUT2D eigenvalue weighted by Crippen LogP contribution is 2.25. The maximum Gasteiger partial charge on any atom is 0.260 e. The summed E-state index contributed by atoms with van der Waals surface area (Å²) in [7, 11) is 1.59. The molecule has 3 rings (SSSR count). The third-order valence-electron chi connectivity index (χ3n) is 4.17. The van der Waals surface area contributed by atoms with E-state index in [1.807, 2.05) is 30.0 Å². The second-order valence-electron chi connectivity index (χ2n) is 5.98. The Balaban J connectivity index is 1.45. The van der Waals surface area contributed by atoms with Crippen molar-refractivity contribution in [2.45, 2.75) is 13.5 Å². The number of thiazole rings is 1. The Kier molecular flexibility index (Phi) is 5.88. The topological polar surface area (TPSA) is 54.9 Å². The molecule has 7 heteroatoms. The predicted octanol–water partition coefficient (Wildman–Crippen LogP) is 2.18. The van der Waals surface area contributed by atoms with Crippen molar-refractivity contribution in [2.75, 3.05) is 39.9 Å². The Hall–Kier alpha value is -2.12. The fourth-order valence-electron chi connectivity index (χ4n) is 2.79. The molecule has 0 saturated carbocycles. The smallest absolute Gasteiger partial charge is 0.260 e. The first-order valence-electron chi connectivity index (χ1n) is 8.32. The molecule has 25 heavy (non-hydrogen) atoms. The minimum Gasteiger partial charge on any atom is -0.493 e. The van der Waals surface area contributed by atoms with Gasteiger partial charge in [0.25, 0.3) is 5.91 Å². The van der Waals surface area contributed by atoms with Crippen LogP contribution in [-0.2, 0) is 11.3 Å². The van der Waals surface area contributed by atoms with Crippen LogP contribution < -0.4 is 9.47 Å². The Morgan fingerprint density at radius 1 is 1.20 bits per heavy atom. The number of hydrogen-bond donors (Lipinski definition) is 0. The molecule has 1 saturated heterocycles. The number of ether oxygens (including phenoxy) is 2. The van der Waals surface area contributed by atoms with Crippen molar-refractivity contribution in [3.63, 3.8) is 0 Å². The highest BCUT2D eigenvalue weighted by Gasteiger charge is 2.22. The summed E-state index contributed by atoms with van der Waals surface area (Å²) in [5, 5.41) is 3.21. The van der Waals surface area contributed by atoms with Gasteiger partial charge in [-0.05, 0) is 19.1 Å². The van der Waals surface area contributed by atoms with Crippen molar-refractivity contribution in [3.05, 3.63) is 40.3 Å². The zero-order valence-corrected chi connectivity index (χ0v) is 15.4. The number of carbonyl (C=O) groups is 1. The molecular formula is C18H23N3O3S. The predicted molar refractivity (Wildman–Crippen MR) is 97.2 cm³/mol. The van der Waals surface area contributed by atoms with E-state index in [4.69, 9.17) is 9.47 Å². The molecule has 0 aliphatic carbocycles. The van der Waals surface area contributed by atoms with E-state index in [0.717, 1.165) is 43.4 Å². The van der Waals surface area contributed by atoms with E-state index in [9.17, 15) is 4.79 Å². The molecule has 0 radical (unpaired) electrons. The Labute approximate surface area is 152 Å². The van der Waals surface area contributed by atoms with E-state index < -0.39 is 0 Å². The highest BCUT2D eigenvalue weighted by molar-refractivity contribution is 7.09. The van der Waals surface area contributed by atoms with Crippen molar-refractivity contribution in [1.29, 1.82) is 0 Å². The summed E-state index contributed by atoms with van der Waals surface area (Å²) in [5.74, 6) is 1.24. The van der Waals surface area contributed by atoms with Crippen LogP contribution in [0.5, 0.6) is 11.5 Å². The summed E-state index contributed by atoms with van der Waals surface area (Å²) < 4.78 is 10.9. The van der Waals surface area contributed by atoms with E-state index >= 15 is 0 Å². The van der Waals surface area contributed by atoms with Crippen LogP contribution in [0.1, 0.15) is 10.7 Å². The fraction of sp³-hybridized carbons (Fsp3) is 0.444. The minimum absolute atomic E-state index is 0.00986. The van der Waals surface area contributed by atoms with Crippen molar-refractivity contribution < 1.29 is 14.3 Å². The van der Waals surface area contributed by atoms with E-state index in [0.29, 0.717) is 11.5 Å². The van der Waals surface area contributed by atoms with Crippen LogP contribution >= 0.6 is 11.3 Å². The molecule has 0 N–H and O–H groups in total. The van der Waals surface area contributed by atoms with Gasteiger partial charge in [0.2, 0.25) is 0 Å². The van der Waals surface area contributed by atoms with Gasteiger partial charge in [0, 0.05) is 37.3 Å². The summed E-state index contributed by atoms with van der Waals surface area (Å²) in [6.07, 6.45) is 0. The summed E-state index contributed by atoms with van der Waals surface area (Å²) in [6.45, 7) is 6.07. The van der Waals surface area contributed by atoms with E-state index in [1.54, 1.807) is 24.5 Å². The van der Waals surface area contributed by atoms with E-state index in [-0.39, 0.29) is 12.5 Å². The van der Waals surface area contributed by atoms with Gasteiger partial charge in [-0.1, -0.05) is 12.1 Å². The quantitative estimate of drug-likeness (QED) is 0.789. The number of carbonyl (C=O) groups excluding carboxylic acids is 1. The fourth-order valence-corrected chi connectivity index (χ4v) is 3.60. The van der Waals surface area contributed by atoms with Crippen LogP contribution in [0, 0.1) is 6.92 Å². The first-order chi connectivity index (χ1) is 12.2. The molecule has 6 nitrogen and oxygen atoms in total. The first kappa shape index (κ1) is 17.7. The number of benzene rings is 1. The Morgan fingerprint density at radius 3 is 2.56 bits per heavy atom. The monoisotopic (exact) mass is 361 g/mol. The number of aryl methyl sites for hydroxylation is 1. The molecule has 2 heterocycles. The van der Waals surface area contributed by atoms with Gasteiger partial charge in [-0.25, -0.2) is 4.98 Å². The lowest BCUT2D eigenvalue weighted by Crippen LogP contribution is -2.49. The standard InChI is InChI=1S/C18H23N3O3S/c1-14-13-25-17(19-14)11-20-7-9-21(10-8-20)18(22)12-24-16-6-4-3-5-15(16)23-2/h3-6,13H,7-12H2,1-2H3. The number of rotatable bonds is 6. The third-order valence-corrected chi connectivity index (χ3v) is 5.12. The van der Waals surface area contributed by atoms with E-state index in [2.05, 4.69) is 15.3 Å². The van der Waals surface area contributed by atoms with Crippen LogP contribution in [0.25, 0.3) is 0 Å². The second-order valence-corrected chi connectivity index (χ2v) is 6.92. The lowest BCUT2D eigenvalue weighted by atomic mass is 10.3. The van der Waals surface area contributed by atoms with Gasteiger partial charge < -0.3 is 14.4 Å². The van der Waals surface area contributed by atoms with Gasteiger partial charge in [-0.2, -0.15) is 0 Å². The number of para-hydroxylation sites is 2. The number of hydrogen-bond acceptors (Lipinski definition) is 6. The van der Waals surface area contributed by atoms with Crippen LogP contribution in [0.4, 0.5) is 0 Å². The Bertz CT molecular complexity index is 711. The number of methoxy groups -OCH3 is 1. The van der Waals surface area contributed by atoms with Crippen molar-refractivity contribution in [3.8, 4) is 11.5 Å². The molecule has 1 fully saturated rings. The maximum atomic E-state index is 12.4. The number of aromatic nitrogens is 1. The van der Waals surface area contributed by atoms with E-state index in [1.165, 1.54) is 0 Å². The van der Waals surface area contributed by atoms with Crippen molar-refractivity contribution in [1.82, 2.24) is 14.8 Å². The number of piperazine rings is 1. The summed E-state index contributed by atoms with van der Waals surface area (Å²) in [4.78, 5) is 21.1. The number of nitrogens with zero attached hydrogens (tertiary/aromatic N) is 3. The molecule has 1 amide bonds. The second kappa shape index (κ2) is 8.31. The summed E-state index contributed by atoms with van der Waals surface area (Å²) in [5.41, 5.74) is 1.07. The van der Waals surface area contributed by atoms with Crippen LogP contribution in [-0.4, -0.2) is 60.6 Å². The molecular weight excluding hydrogens is 338 g/mol. The number of amides is 1. The molecule has 134 valence electrons. The van der Waals surface area contributed by atoms with Crippen LogP contribution in [0.2, 0.25) is 0 Å². The van der Waals surface area contributed by atoms with Gasteiger partial charge in [-0.3, -0.25) is 9.69 Å². The normalized spacial score (nSPS) is 15.2. The Morgan fingerprint density at radius 2 is 1.92 bits per heavy atom. The van der Waals surface area contributed by atoms with Crippen LogP contribution in [0.3, 0.4) is 0 Å². The zero-order chi connectivity index (χ0) is 17.6. The molecule has 1 aliphatic rings. The lowest BCUT2D eigenvalue weighted by Gasteiger charge is -2.34. The van der Waals surface area contributed by atoms with Gasteiger partial charge in [-0.15, -0.1) is 11.3 Å². The van der Waals surface area contributed by atoms with Gasteiger partial charge in [0.1, 0.15) is 5.01 Å². The largest absolute Gasteiger partial charge is 0.493 e. The van der Waals surface area contributed by atoms with Crippen molar-refractivity contribution in [2.24, 2.45) is 0 Å². The van der Waals surface area contributed by atoms with Gasteiger partial charge >= 0.3 is 0 Å². The van der Waals surface area contributed by atoms with Crippen LogP contribution in [0.15, 0.2) is 29.6 Å². The third kappa shape index (κ3) is 4.70. The molecule has 1 aromatic heterocycles. The minimum atomic E-state index is 0.00986. The summed E-state index contributed by atoms with van der Waals surface area (Å²) in [6, 6.07) is 7.36. The van der Waals surface area contributed by atoms with Gasteiger partial charge in [0.15, 0.2) is 18.1 Å². The molecule has 0 atom stereocenters. The maximum absolute atomic E-state index is 12.4. The lowest BCUT2D eigenvalue weighted by molar-refractivity contribution is -0.135. The molecule has 0 spiro atoms. The first-order valence-corrected chi connectivity index (χ1v) is 9.20. The molecule has 2 aromatic rings. The van der Waals surface area contributed by atoms with Gasteiger partial charge in [0.05, 0.1) is 13.7 Å². The highest BCUT2D eigenvalue weighted by atomic mass is 32.1. The molecule has 0 bridgehead atoms. The zero-order valence-electron chi connectivity index (χ0n) is 14.6. The molecule has 1 aromatic carbocycles. The summed E-state index contributed by atoms with van der Waals surface area (Å²) >= 11 is 1.69.